The number of sulfonamides is 1. The molecular weight excluding hydrogens is 266 g/mol. The summed E-state index contributed by atoms with van der Waals surface area (Å²) in [5, 5.41) is 0. The predicted octanol–water partition coefficient (Wildman–Crippen LogP) is -0.267. The Hall–Kier alpha value is 0.540. The molecule has 1 heterocycles. The van der Waals surface area contributed by atoms with Crippen LogP contribution in [-0.4, -0.2) is 46.2 Å². The molecule has 4 nitrogen and oxygen atoms in total. The lowest BCUT2D eigenvalue weighted by molar-refractivity contribution is 0.442. The lowest BCUT2D eigenvalue weighted by Gasteiger charge is -2.24. The van der Waals surface area contributed by atoms with Crippen molar-refractivity contribution in [3.05, 3.63) is 0 Å². The third-order valence-corrected chi connectivity index (χ3v) is 6.11. The summed E-state index contributed by atoms with van der Waals surface area (Å²) in [5.41, 5.74) is 0. The van der Waals surface area contributed by atoms with Gasteiger partial charge >= 0.3 is 0 Å². The van der Waals surface area contributed by atoms with Gasteiger partial charge in [0.1, 0.15) is 4.66 Å². The highest BCUT2D eigenvalue weighted by molar-refractivity contribution is 9.10. The summed E-state index contributed by atoms with van der Waals surface area (Å²) in [4.78, 5) is 0. The second-order valence-electron chi connectivity index (χ2n) is 2.47. The molecule has 0 aromatic heterocycles. The molecule has 12 heavy (non-hydrogen) atoms. The smallest absolute Gasteiger partial charge is 0.224 e. The summed E-state index contributed by atoms with van der Waals surface area (Å²) in [5.74, 6) is 0.929. The SMILES string of the molecule is O=S1CCN(S(=O)(=O)CBr)CC1. The van der Waals surface area contributed by atoms with Crippen molar-refractivity contribution in [3.63, 3.8) is 0 Å². The maximum atomic E-state index is 11.2. The topological polar surface area (TPSA) is 54.5 Å². The van der Waals surface area contributed by atoms with Crippen LogP contribution >= 0.6 is 15.9 Å². The van der Waals surface area contributed by atoms with Gasteiger partial charge < -0.3 is 0 Å². The van der Waals surface area contributed by atoms with Crippen molar-refractivity contribution in [2.75, 3.05) is 29.3 Å². The van der Waals surface area contributed by atoms with Gasteiger partial charge in [-0.05, 0) is 0 Å². The summed E-state index contributed by atoms with van der Waals surface area (Å²) in [6.45, 7) is 0.779. The molecule has 1 aliphatic heterocycles. The minimum atomic E-state index is -3.13. The van der Waals surface area contributed by atoms with Crippen molar-refractivity contribution in [1.29, 1.82) is 0 Å². The van der Waals surface area contributed by atoms with E-state index in [-0.39, 0.29) is 4.66 Å². The van der Waals surface area contributed by atoms with Crippen LogP contribution in [0.4, 0.5) is 0 Å². The molecule has 72 valence electrons. The largest absolute Gasteiger partial charge is 0.259 e. The first kappa shape index (κ1) is 10.6. The maximum absolute atomic E-state index is 11.2. The van der Waals surface area contributed by atoms with Gasteiger partial charge in [-0.1, -0.05) is 15.9 Å². The maximum Gasteiger partial charge on any atom is 0.224 e. The molecule has 7 heteroatoms. The normalized spacial score (nSPS) is 22.8. The van der Waals surface area contributed by atoms with Gasteiger partial charge in [0.2, 0.25) is 10.0 Å². The standard InChI is InChI=1S/C5H10BrNO3S2/c6-5-12(9,10)7-1-3-11(8)4-2-7/h1-5H2. The number of alkyl halides is 1. The first-order valence-corrected chi connectivity index (χ1v) is 7.67. The Balaban J connectivity index is 2.62. The lowest BCUT2D eigenvalue weighted by Crippen LogP contribution is -2.42. The van der Waals surface area contributed by atoms with Crippen molar-refractivity contribution >= 4 is 36.8 Å². The van der Waals surface area contributed by atoms with Crippen LogP contribution in [0.3, 0.4) is 0 Å². The zero-order valence-corrected chi connectivity index (χ0v) is 9.62. The van der Waals surface area contributed by atoms with Gasteiger partial charge in [-0.3, -0.25) is 4.21 Å². The molecule has 0 aromatic carbocycles. The number of hydrogen-bond acceptors (Lipinski definition) is 3. The molecule has 0 saturated carbocycles. The minimum Gasteiger partial charge on any atom is -0.259 e. The molecule has 1 saturated heterocycles. The lowest BCUT2D eigenvalue weighted by atomic mass is 10.6. The molecule has 0 bridgehead atoms. The number of halogens is 1. The van der Waals surface area contributed by atoms with E-state index in [2.05, 4.69) is 15.9 Å². The Kier molecular flexibility index (Phi) is 3.69. The number of hydrogen-bond donors (Lipinski definition) is 0. The molecule has 0 unspecified atom stereocenters. The molecule has 0 aromatic rings. The van der Waals surface area contributed by atoms with Crippen molar-refractivity contribution < 1.29 is 12.6 Å². The Morgan fingerprint density at radius 1 is 1.33 bits per heavy atom. The van der Waals surface area contributed by atoms with Crippen LogP contribution in [0.5, 0.6) is 0 Å². The zero-order chi connectivity index (χ0) is 9.19. The Bertz CT molecular complexity index is 266. The van der Waals surface area contributed by atoms with E-state index in [0.717, 1.165) is 0 Å². The molecule has 0 atom stereocenters. The second-order valence-corrected chi connectivity index (χ2v) is 7.44. The monoisotopic (exact) mass is 275 g/mol. The van der Waals surface area contributed by atoms with Gasteiger partial charge in [0.15, 0.2) is 0 Å². The summed E-state index contributed by atoms with van der Waals surface area (Å²) >= 11 is 2.92. The van der Waals surface area contributed by atoms with Crippen LogP contribution in [0.1, 0.15) is 0 Å². The van der Waals surface area contributed by atoms with Crippen LogP contribution in [0.25, 0.3) is 0 Å². The molecular formula is C5H10BrNO3S2. The zero-order valence-electron chi connectivity index (χ0n) is 6.40. The van der Waals surface area contributed by atoms with Gasteiger partial charge in [-0.15, -0.1) is 0 Å². The quantitative estimate of drug-likeness (QED) is 0.653. The number of rotatable bonds is 2. The molecule has 0 aliphatic carbocycles. The third-order valence-electron chi connectivity index (χ3n) is 1.67. The van der Waals surface area contributed by atoms with Gasteiger partial charge in [0.25, 0.3) is 0 Å². The molecule has 0 N–H and O–H groups in total. The first-order valence-electron chi connectivity index (χ1n) is 3.45. The fourth-order valence-electron chi connectivity index (χ4n) is 0.968. The molecule has 1 fully saturated rings. The van der Waals surface area contributed by atoms with Gasteiger partial charge in [0.05, 0.1) is 0 Å². The van der Waals surface area contributed by atoms with Gasteiger partial charge in [-0.2, -0.15) is 4.31 Å². The van der Waals surface area contributed by atoms with E-state index in [4.69, 9.17) is 0 Å². The van der Waals surface area contributed by atoms with Crippen molar-refractivity contribution in [3.8, 4) is 0 Å². The van der Waals surface area contributed by atoms with E-state index in [1.54, 1.807) is 0 Å². The fraction of sp³-hybridized carbons (Fsp3) is 1.00. The molecule has 0 radical (unpaired) electrons. The summed E-state index contributed by atoms with van der Waals surface area (Å²) in [6, 6.07) is 0. The van der Waals surface area contributed by atoms with Crippen LogP contribution in [-0.2, 0) is 20.8 Å². The fourth-order valence-corrected chi connectivity index (χ4v) is 4.00. The average molecular weight is 276 g/mol. The molecule has 0 spiro atoms. The van der Waals surface area contributed by atoms with Crippen molar-refractivity contribution in [2.45, 2.75) is 0 Å². The van der Waals surface area contributed by atoms with E-state index < -0.39 is 20.8 Å². The first-order chi connectivity index (χ1) is 5.56. The van der Waals surface area contributed by atoms with Gasteiger partial charge in [0, 0.05) is 35.4 Å². The Labute approximate surface area is 83.0 Å². The third kappa shape index (κ3) is 2.51. The number of nitrogens with zero attached hydrogens (tertiary/aromatic N) is 1. The van der Waals surface area contributed by atoms with Crippen LogP contribution in [0.2, 0.25) is 0 Å². The molecule has 1 rings (SSSR count). The van der Waals surface area contributed by atoms with Crippen molar-refractivity contribution in [2.24, 2.45) is 0 Å². The summed E-state index contributed by atoms with van der Waals surface area (Å²) in [7, 11) is -3.95. The van der Waals surface area contributed by atoms with E-state index in [9.17, 15) is 12.6 Å². The Morgan fingerprint density at radius 2 is 1.83 bits per heavy atom. The molecule has 0 amide bonds. The van der Waals surface area contributed by atoms with Crippen LogP contribution in [0.15, 0.2) is 0 Å². The van der Waals surface area contributed by atoms with Crippen LogP contribution in [0, 0.1) is 0 Å². The second kappa shape index (κ2) is 4.17. The molecule has 1 aliphatic rings. The average Bonchev–Trinajstić information content (AvgIpc) is 2.05. The minimum absolute atomic E-state index is 0.0490. The van der Waals surface area contributed by atoms with Crippen LogP contribution < -0.4 is 0 Å². The van der Waals surface area contributed by atoms with E-state index >= 15 is 0 Å². The van der Waals surface area contributed by atoms with E-state index in [1.807, 2.05) is 0 Å². The van der Waals surface area contributed by atoms with E-state index in [1.165, 1.54) is 4.31 Å². The highest BCUT2D eigenvalue weighted by Crippen LogP contribution is 2.08. The predicted molar refractivity (Wildman–Crippen MR) is 52.2 cm³/mol. The van der Waals surface area contributed by atoms with Gasteiger partial charge in [-0.25, -0.2) is 8.42 Å². The summed E-state index contributed by atoms with van der Waals surface area (Å²) in [6.07, 6.45) is 0. The highest BCUT2D eigenvalue weighted by atomic mass is 79.9. The summed E-state index contributed by atoms with van der Waals surface area (Å²) < 4.78 is 34.7. The van der Waals surface area contributed by atoms with E-state index in [0.29, 0.717) is 24.6 Å². The Morgan fingerprint density at radius 3 is 2.25 bits per heavy atom. The highest BCUT2D eigenvalue weighted by Gasteiger charge is 2.24. The van der Waals surface area contributed by atoms with Crippen molar-refractivity contribution in [1.82, 2.24) is 4.31 Å².